The van der Waals surface area contributed by atoms with Crippen molar-refractivity contribution < 1.29 is 23.5 Å². The van der Waals surface area contributed by atoms with Crippen LogP contribution in [0.5, 0.6) is 0 Å². The van der Waals surface area contributed by atoms with Crippen LogP contribution >= 0.6 is 0 Å². The molecule has 0 bridgehead atoms. The Morgan fingerprint density at radius 1 is 1.06 bits per heavy atom. The Morgan fingerprint density at radius 3 is 2.47 bits per heavy atom. The molecule has 0 spiro atoms. The van der Waals surface area contributed by atoms with Crippen LogP contribution in [0.25, 0.3) is 0 Å². The SMILES string of the molecule is CC1COCCN1C[C@H]1CN(C(=O)OC(C)(C)C)C(C)CN1CC(=O)N1CC(C)(CCC#N)c2ccc(Cc3ccc(F)cc3)cc21. The van der Waals surface area contributed by atoms with Gasteiger partial charge in [-0.25, -0.2) is 9.18 Å². The summed E-state index contributed by atoms with van der Waals surface area (Å²) in [6.45, 7) is 16.5. The zero-order valence-electron chi connectivity index (χ0n) is 28.8. The summed E-state index contributed by atoms with van der Waals surface area (Å²) in [5.74, 6) is -0.265. The molecule has 2 aromatic rings. The highest BCUT2D eigenvalue weighted by Crippen LogP contribution is 2.44. The van der Waals surface area contributed by atoms with E-state index in [0.29, 0.717) is 58.7 Å². The Labute approximate surface area is 279 Å². The topological polar surface area (TPSA) is 89.3 Å². The molecule has 10 heteroatoms. The van der Waals surface area contributed by atoms with Crippen molar-refractivity contribution in [2.24, 2.45) is 0 Å². The normalized spacial score (nSPS) is 25.4. The molecule has 254 valence electrons. The van der Waals surface area contributed by atoms with E-state index in [2.05, 4.69) is 47.9 Å². The van der Waals surface area contributed by atoms with E-state index in [0.717, 1.165) is 28.9 Å². The predicted molar refractivity (Wildman–Crippen MR) is 180 cm³/mol. The number of nitrogens with zero attached hydrogens (tertiary/aromatic N) is 5. The maximum Gasteiger partial charge on any atom is 0.410 e. The number of nitriles is 1. The summed E-state index contributed by atoms with van der Waals surface area (Å²) in [5, 5.41) is 9.43. The lowest BCUT2D eigenvalue weighted by molar-refractivity contribution is -0.121. The van der Waals surface area contributed by atoms with Gasteiger partial charge in [-0.3, -0.25) is 14.6 Å². The Morgan fingerprint density at radius 2 is 1.79 bits per heavy atom. The number of fused-ring (bicyclic) bond motifs is 1. The van der Waals surface area contributed by atoms with E-state index in [1.54, 1.807) is 12.1 Å². The second kappa shape index (κ2) is 14.3. The Hall–Kier alpha value is -3.52. The van der Waals surface area contributed by atoms with Crippen LogP contribution in [0.15, 0.2) is 42.5 Å². The van der Waals surface area contributed by atoms with Crippen LogP contribution in [0, 0.1) is 17.1 Å². The van der Waals surface area contributed by atoms with Crippen LogP contribution in [0.3, 0.4) is 0 Å². The van der Waals surface area contributed by atoms with E-state index in [9.17, 15) is 19.2 Å². The van der Waals surface area contributed by atoms with E-state index in [1.807, 2.05) is 37.5 Å². The third-order valence-electron chi connectivity index (χ3n) is 9.79. The van der Waals surface area contributed by atoms with Gasteiger partial charge in [0.25, 0.3) is 0 Å². The first-order valence-electron chi connectivity index (χ1n) is 16.9. The summed E-state index contributed by atoms with van der Waals surface area (Å²) in [4.78, 5) is 36.0. The minimum absolute atomic E-state index is 0.00353. The molecule has 2 fully saturated rings. The van der Waals surface area contributed by atoms with Crippen molar-refractivity contribution in [1.29, 1.82) is 5.26 Å². The van der Waals surface area contributed by atoms with Crippen LogP contribution in [-0.4, -0.2) is 103 Å². The first-order chi connectivity index (χ1) is 22.3. The number of ether oxygens (including phenoxy) is 2. The molecule has 3 unspecified atom stereocenters. The Balaban J connectivity index is 1.40. The van der Waals surface area contributed by atoms with E-state index >= 15 is 0 Å². The molecule has 0 radical (unpaired) electrons. The molecule has 2 aromatic carbocycles. The van der Waals surface area contributed by atoms with Gasteiger partial charge in [-0.2, -0.15) is 5.26 Å². The van der Waals surface area contributed by atoms with Crippen molar-refractivity contribution in [3.63, 3.8) is 0 Å². The fourth-order valence-corrected chi connectivity index (χ4v) is 7.16. The van der Waals surface area contributed by atoms with Crippen molar-refractivity contribution in [2.75, 3.05) is 57.4 Å². The molecule has 0 aliphatic carbocycles. The highest BCUT2D eigenvalue weighted by molar-refractivity contribution is 5.97. The number of piperazine rings is 1. The summed E-state index contributed by atoms with van der Waals surface area (Å²) in [5.41, 5.74) is 3.04. The first-order valence-corrected chi connectivity index (χ1v) is 16.9. The highest BCUT2D eigenvalue weighted by atomic mass is 19.1. The molecule has 3 heterocycles. The van der Waals surface area contributed by atoms with Gasteiger partial charge in [0, 0.05) is 68.4 Å². The van der Waals surface area contributed by atoms with Gasteiger partial charge in [0.1, 0.15) is 11.4 Å². The molecule has 0 saturated carbocycles. The molecule has 4 atom stereocenters. The highest BCUT2D eigenvalue weighted by Gasteiger charge is 2.43. The molecule has 2 amide bonds. The zero-order chi connectivity index (χ0) is 33.9. The molecule has 0 aromatic heterocycles. The quantitative estimate of drug-likeness (QED) is 0.382. The van der Waals surface area contributed by atoms with E-state index in [1.165, 1.54) is 12.1 Å². The van der Waals surface area contributed by atoms with Crippen LogP contribution in [0.2, 0.25) is 0 Å². The van der Waals surface area contributed by atoms with Crippen LogP contribution < -0.4 is 4.90 Å². The molecule has 3 aliphatic rings. The fraction of sp³-hybridized carbons (Fsp3) is 0.595. The minimum atomic E-state index is -0.602. The molecule has 47 heavy (non-hydrogen) atoms. The van der Waals surface area contributed by atoms with Gasteiger partial charge in [-0.1, -0.05) is 31.2 Å². The number of amides is 2. The van der Waals surface area contributed by atoms with Crippen molar-refractivity contribution in [1.82, 2.24) is 14.7 Å². The smallest absolute Gasteiger partial charge is 0.410 e. The number of hydrogen-bond donors (Lipinski definition) is 0. The third-order valence-corrected chi connectivity index (χ3v) is 9.79. The van der Waals surface area contributed by atoms with Crippen molar-refractivity contribution in [3.05, 3.63) is 65.0 Å². The summed E-state index contributed by atoms with van der Waals surface area (Å²) >= 11 is 0. The average Bonchev–Trinajstić information content (AvgIpc) is 3.30. The van der Waals surface area contributed by atoms with E-state index < -0.39 is 5.60 Å². The molecular formula is C37H50FN5O4. The maximum absolute atomic E-state index is 14.4. The third kappa shape index (κ3) is 8.32. The number of anilines is 1. The molecular weight excluding hydrogens is 597 g/mol. The van der Waals surface area contributed by atoms with Gasteiger partial charge in [-0.05, 0) is 82.3 Å². The second-order valence-electron chi connectivity index (χ2n) is 14.8. The fourth-order valence-electron chi connectivity index (χ4n) is 7.16. The van der Waals surface area contributed by atoms with E-state index in [4.69, 9.17) is 9.47 Å². The molecule has 3 aliphatic heterocycles. The number of morpholine rings is 1. The number of rotatable bonds is 8. The van der Waals surface area contributed by atoms with Crippen molar-refractivity contribution >= 4 is 17.7 Å². The monoisotopic (exact) mass is 647 g/mol. The van der Waals surface area contributed by atoms with Crippen molar-refractivity contribution in [3.8, 4) is 6.07 Å². The number of benzene rings is 2. The van der Waals surface area contributed by atoms with Gasteiger partial charge in [0.2, 0.25) is 5.91 Å². The summed E-state index contributed by atoms with van der Waals surface area (Å²) in [6.07, 6.45) is 1.35. The second-order valence-corrected chi connectivity index (χ2v) is 14.8. The van der Waals surface area contributed by atoms with Crippen molar-refractivity contribution in [2.45, 2.75) is 89.9 Å². The summed E-state index contributed by atoms with van der Waals surface area (Å²) in [6, 6.07) is 15.1. The number of halogens is 1. The summed E-state index contributed by atoms with van der Waals surface area (Å²) in [7, 11) is 0. The van der Waals surface area contributed by atoms with Gasteiger partial charge in [0.05, 0.1) is 25.8 Å². The van der Waals surface area contributed by atoms with Gasteiger partial charge < -0.3 is 19.3 Å². The number of carbonyl (C=O) groups excluding carboxylic acids is 2. The molecule has 0 N–H and O–H groups in total. The number of carbonyl (C=O) groups is 2. The van der Waals surface area contributed by atoms with Gasteiger partial charge in [-0.15, -0.1) is 0 Å². The van der Waals surface area contributed by atoms with Gasteiger partial charge in [0.15, 0.2) is 0 Å². The minimum Gasteiger partial charge on any atom is -0.444 e. The number of hydrogen-bond acceptors (Lipinski definition) is 7. The largest absolute Gasteiger partial charge is 0.444 e. The van der Waals surface area contributed by atoms with Crippen LogP contribution in [0.4, 0.5) is 14.9 Å². The molecule has 2 saturated heterocycles. The van der Waals surface area contributed by atoms with Gasteiger partial charge >= 0.3 is 6.09 Å². The summed E-state index contributed by atoms with van der Waals surface area (Å²) < 4.78 is 25.0. The Bertz CT molecular complexity index is 1470. The maximum atomic E-state index is 14.4. The molecule has 9 nitrogen and oxygen atoms in total. The van der Waals surface area contributed by atoms with Crippen LogP contribution in [0.1, 0.15) is 71.1 Å². The van der Waals surface area contributed by atoms with E-state index in [-0.39, 0.29) is 47.9 Å². The lowest BCUT2D eigenvalue weighted by Crippen LogP contribution is -2.64. The zero-order valence-corrected chi connectivity index (χ0v) is 28.8. The molecule has 5 rings (SSSR count). The lowest BCUT2D eigenvalue weighted by Gasteiger charge is -2.47. The predicted octanol–water partition coefficient (Wildman–Crippen LogP) is 5.36. The first kappa shape index (κ1) is 34.8. The Kier molecular flexibility index (Phi) is 10.6. The lowest BCUT2D eigenvalue weighted by atomic mass is 9.80. The van der Waals surface area contributed by atoms with Crippen LogP contribution in [-0.2, 0) is 26.1 Å². The average molecular weight is 648 g/mol. The standard InChI is InChI=1S/C37H50FN5O4/c1-26-20-41(31(21-40-16-17-46-24-27(40)2)22-42(26)35(45)47-36(3,4)5)23-34(44)43-25-37(6,14-7-15-39)32-13-10-29(19-33(32)43)18-28-8-11-30(38)12-9-28/h8-13,19,26-27,31H,7,14,16-18,20-25H2,1-6H3/t26?,27?,31-,37?/m0/s1.